The van der Waals surface area contributed by atoms with Gasteiger partial charge < -0.3 is 10.4 Å². The fraction of sp³-hybridized carbons (Fsp3) is 0.400. The number of aliphatic carboxylic acids is 1. The van der Waals surface area contributed by atoms with Crippen LogP contribution in [0.2, 0.25) is 0 Å². The van der Waals surface area contributed by atoms with Crippen LogP contribution < -0.4 is 5.32 Å². The average molecular weight is 287 g/mol. The van der Waals surface area contributed by atoms with Gasteiger partial charge in [-0.15, -0.1) is 0 Å². The Hall–Kier alpha value is -2.37. The number of carboxylic acid groups (broad SMARTS) is 1. The van der Waals surface area contributed by atoms with Crippen molar-refractivity contribution in [1.29, 1.82) is 0 Å². The number of aromatic amines is 1. The molecule has 0 saturated heterocycles. The Bertz CT molecular complexity index is 672. The molecule has 21 heavy (non-hydrogen) atoms. The molecule has 1 aliphatic rings. The summed E-state index contributed by atoms with van der Waals surface area (Å²) in [7, 11) is 0. The Morgan fingerprint density at radius 1 is 1.24 bits per heavy atom. The fourth-order valence-corrected chi connectivity index (χ4v) is 2.83. The Morgan fingerprint density at radius 2 is 2.00 bits per heavy atom. The Kier molecular flexibility index (Phi) is 3.60. The number of fused-ring (bicyclic) bond motifs is 1. The molecule has 2 aromatic rings. The topological polar surface area (TPSA) is 95.1 Å². The second kappa shape index (κ2) is 5.55. The van der Waals surface area contributed by atoms with E-state index >= 15 is 0 Å². The van der Waals surface area contributed by atoms with Gasteiger partial charge in [0.2, 0.25) is 0 Å². The predicted octanol–water partition coefficient (Wildman–Crippen LogP) is 1.94. The highest BCUT2D eigenvalue weighted by Crippen LogP contribution is 2.24. The summed E-state index contributed by atoms with van der Waals surface area (Å²) < 4.78 is 0. The third-order valence-corrected chi connectivity index (χ3v) is 4.12. The number of amides is 1. The third kappa shape index (κ3) is 2.89. The van der Waals surface area contributed by atoms with Crippen molar-refractivity contribution in [2.45, 2.75) is 31.7 Å². The van der Waals surface area contributed by atoms with Crippen molar-refractivity contribution in [3.8, 4) is 0 Å². The van der Waals surface area contributed by atoms with Crippen LogP contribution in [0.1, 0.15) is 36.0 Å². The first-order valence-corrected chi connectivity index (χ1v) is 7.10. The number of hydrogen-bond donors (Lipinski definition) is 3. The Morgan fingerprint density at radius 3 is 2.71 bits per heavy atom. The monoisotopic (exact) mass is 287 g/mol. The normalized spacial score (nSPS) is 22.1. The summed E-state index contributed by atoms with van der Waals surface area (Å²) in [5.74, 6) is -1.12. The van der Waals surface area contributed by atoms with Gasteiger partial charge in [-0.05, 0) is 37.8 Å². The van der Waals surface area contributed by atoms with Crippen LogP contribution in [0.3, 0.4) is 0 Å². The highest BCUT2D eigenvalue weighted by atomic mass is 16.4. The Labute approximate surface area is 121 Å². The van der Waals surface area contributed by atoms with E-state index in [1.165, 1.54) is 0 Å². The maximum Gasteiger partial charge on any atom is 0.306 e. The summed E-state index contributed by atoms with van der Waals surface area (Å²) in [5, 5.41) is 19.7. The molecule has 0 bridgehead atoms. The molecule has 6 nitrogen and oxygen atoms in total. The number of carboxylic acids is 1. The van der Waals surface area contributed by atoms with E-state index in [2.05, 4.69) is 15.5 Å². The molecule has 3 N–H and O–H groups in total. The van der Waals surface area contributed by atoms with Gasteiger partial charge in [0.15, 0.2) is 0 Å². The van der Waals surface area contributed by atoms with Crippen LogP contribution in [-0.2, 0) is 4.79 Å². The highest BCUT2D eigenvalue weighted by molar-refractivity contribution is 5.97. The van der Waals surface area contributed by atoms with E-state index in [0.29, 0.717) is 18.4 Å². The smallest absolute Gasteiger partial charge is 0.306 e. The molecule has 3 rings (SSSR count). The summed E-state index contributed by atoms with van der Waals surface area (Å²) in [6, 6.07) is 5.47. The van der Waals surface area contributed by atoms with Crippen LogP contribution in [-0.4, -0.2) is 33.2 Å². The van der Waals surface area contributed by atoms with Crippen molar-refractivity contribution in [2.75, 3.05) is 0 Å². The zero-order chi connectivity index (χ0) is 14.8. The van der Waals surface area contributed by atoms with E-state index in [1.807, 2.05) is 6.07 Å². The first kappa shape index (κ1) is 13.6. The first-order chi connectivity index (χ1) is 10.1. The SMILES string of the molecule is O=C(NC1CCC(C(=O)O)CC1)c1ccc2cn[nH]c2c1. The van der Waals surface area contributed by atoms with Crippen LogP contribution in [0.15, 0.2) is 24.4 Å². The molecule has 0 aliphatic heterocycles. The molecule has 1 fully saturated rings. The van der Waals surface area contributed by atoms with E-state index in [9.17, 15) is 9.59 Å². The van der Waals surface area contributed by atoms with Crippen molar-refractivity contribution in [2.24, 2.45) is 5.92 Å². The van der Waals surface area contributed by atoms with Gasteiger partial charge in [0.05, 0.1) is 17.6 Å². The van der Waals surface area contributed by atoms with E-state index in [0.717, 1.165) is 23.7 Å². The van der Waals surface area contributed by atoms with E-state index in [4.69, 9.17) is 5.11 Å². The molecule has 6 heteroatoms. The van der Waals surface area contributed by atoms with Crippen molar-refractivity contribution in [3.63, 3.8) is 0 Å². The maximum atomic E-state index is 12.2. The van der Waals surface area contributed by atoms with E-state index in [-0.39, 0.29) is 17.9 Å². The molecule has 1 aromatic carbocycles. The molecule has 1 saturated carbocycles. The average Bonchev–Trinajstić information content (AvgIpc) is 2.95. The number of nitrogens with one attached hydrogen (secondary N) is 2. The lowest BCUT2D eigenvalue weighted by atomic mass is 9.86. The van der Waals surface area contributed by atoms with Crippen LogP contribution in [0, 0.1) is 5.92 Å². The van der Waals surface area contributed by atoms with Gasteiger partial charge in [-0.2, -0.15) is 5.10 Å². The summed E-state index contributed by atoms with van der Waals surface area (Å²) in [5.41, 5.74) is 1.42. The summed E-state index contributed by atoms with van der Waals surface area (Å²) in [6.45, 7) is 0. The fourth-order valence-electron chi connectivity index (χ4n) is 2.83. The lowest BCUT2D eigenvalue weighted by Gasteiger charge is -2.26. The molecule has 0 unspecified atom stereocenters. The van der Waals surface area contributed by atoms with E-state index < -0.39 is 5.97 Å². The van der Waals surface area contributed by atoms with Gasteiger partial charge in [0.1, 0.15) is 0 Å². The number of hydrogen-bond acceptors (Lipinski definition) is 3. The van der Waals surface area contributed by atoms with Gasteiger partial charge in [-0.1, -0.05) is 6.07 Å². The molecule has 0 radical (unpaired) electrons. The lowest BCUT2D eigenvalue weighted by Crippen LogP contribution is -2.38. The highest BCUT2D eigenvalue weighted by Gasteiger charge is 2.26. The van der Waals surface area contributed by atoms with Gasteiger partial charge in [0, 0.05) is 17.0 Å². The maximum absolute atomic E-state index is 12.2. The predicted molar refractivity (Wildman–Crippen MR) is 76.9 cm³/mol. The minimum Gasteiger partial charge on any atom is -0.481 e. The van der Waals surface area contributed by atoms with Crippen LogP contribution >= 0.6 is 0 Å². The zero-order valence-electron chi connectivity index (χ0n) is 11.5. The quantitative estimate of drug-likeness (QED) is 0.804. The zero-order valence-corrected chi connectivity index (χ0v) is 11.5. The van der Waals surface area contributed by atoms with Gasteiger partial charge in [-0.3, -0.25) is 14.7 Å². The second-order valence-electron chi connectivity index (χ2n) is 5.53. The molecular formula is C15H17N3O3. The van der Waals surface area contributed by atoms with Gasteiger partial charge >= 0.3 is 5.97 Å². The van der Waals surface area contributed by atoms with Crippen LogP contribution in [0.5, 0.6) is 0 Å². The largest absolute Gasteiger partial charge is 0.481 e. The van der Waals surface area contributed by atoms with Crippen molar-refractivity contribution in [1.82, 2.24) is 15.5 Å². The van der Waals surface area contributed by atoms with Crippen LogP contribution in [0.4, 0.5) is 0 Å². The van der Waals surface area contributed by atoms with Crippen molar-refractivity contribution >= 4 is 22.8 Å². The molecule has 0 spiro atoms. The number of benzene rings is 1. The van der Waals surface area contributed by atoms with E-state index in [1.54, 1.807) is 18.3 Å². The molecule has 1 amide bonds. The summed E-state index contributed by atoms with van der Waals surface area (Å²) in [6.07, 6.45) is 4.40. The standard InChI is InChI=1S/C15H17N3O3/c19-14(10-1-2-11-8-16-18-13(11)7-10)17-12-5-3-9(4-6-12)15(20)21/h1-2,7-9,12H,3-6H2,(H,16,18)(H,17,19)(H,20,21). The third-order valence-electron chi connectivity index (χ3n) is 4.12. The number of nitrogens with zero attached hydrogens (tertiary/aromatic N) is 1. The molecule has 110 valence electrons. The number of aromatic nitrogens is 2. The first-order valence-electron chi connectivity index (χ1n) is 7.10. The molecule has 0 atom stereocenters. The summed E-state index contributed by atoms with van der Waals surface area (Å²) >= 11 is 0. The molecular weight excluding hydrogens is 270 g/mol. The van der Waals surface area contributed by atoms with Gasteiger partial charge in [0.25, 0.3) is 5.91 Å². The molecule has 1 aromatic heterocycles. The number of rotatable bonds is 3. The molecule has 1 heterocycles. The van der Waals surface area contributed by atoms with Crippen LogP contribution in [0.25, 0.3) is 10.9 Å². The Balaban J connectivity index is 1.62. The number of H-pyrrole nitrogens is 1. The summed E-state index contributed by atoms with van der Waals surface area (Å²) in [4.78, 5) is 23.1. The van der Waals surface area contributed by atoms with Crippen molar-refractivity contribution < 1.29 is 14.7 Å². The van der Waals surface area contributed by atoms with Crippen molar-refractivity contribution in [3.05, 3.63) is 30.0 Å². The minimum atomic E-state index is -0.732. The van der Waals surface area contributed by atoms with Gasteiger partial charge in [-0.25, -0.2) is 0 Å². The molecule has 1 aliphatic carbocycles. The number of carbonyl (C=O) groups is 2. The minimum absolute atomic E-state index is 0.0607. The number of carbonyl (C=O) groups excluding carboxylic acids is 1. The second-order valence-corrected chi connectivity index (χ2v) is 5.53. The lowest BCUT2D eigenvalue weighted by molar-refractivity contribution is -0.142.